The van der Waals surface area contributed by atoms with Gasteiger partial charge in [-0.05, 0) is 81.3 Å². The van der Waals surface area contributed by atoms with Gasteiger partial charge in [0.1, 0.15) is 6.07 Å². The molecule has 1 heterocycles. The Balaban J connectivity index is 1.73. The molecule has 0 atom stereocenters. The predicted molar refractivity (Wildman–Crippen MR) is 78.2 cm³/mol. The lowest BCUT2D eigenvalue weighted by Crippen LogP contribution is -2.44. The molecule has 0 amide bonds. The number of nitrogens with zero attached hydrogens (tertiary/aromatic N) is 2. The fourth-order valence-electron chi connectivity index (χ4n) is 5.61. The second kappa shape index (κ2) is 4.32. The quantitative estimate of drug-likeness (QED) is 0.767. The molecule has 0 aromatic carbocycles. The molecule has 1 aromatic heterocycles. The van der Waals surface area contributed by atoms with Crippen molar-refractivity contribution >= 4 is 0 Å². The van der Waals surface area contributed by atoms with Crippen molar-refractivity contribution in [1.29, 1.82) is 5.26 Å². The van der Waals surface area contributed by atoms with Crippen LogP contribution in [0, 0.1) is 48.9 Å². The molecule has 4 bridgehead atoms. The molecule has 1 aromatic rings. The van der Waals surface area contributed by atoms with Crippen molar-refractivity contribution in [3.63, 3.8) is 0 Å². The SMILES string of the molecule is Cc1cc(C2C3CC4CC(C3)CC2C4)nc(C)c1C#N. The van der Waals surface area contributed by atoms with E-state index in [0.29, 0.717) is 5.92 Å². The lowest BCUT2D eigenvalue weighted by atomic mass is 9.51. The van der Waals surface area contributed by atoms with Crippen LogP contribution < -0.4 is 0 Å². The normalized spacial score (nSPS) is 38.0. The van der Waals surface area contributed by atoms with Crippen molar-refractivity contribution in [3.05, 3.63) is 28.6 Å². The Labute approximate surface area is 121 Å². The van der Waals surface area contributed by atoms with Gasteiger partial charge in [-0.3, -0.25) is 4.98 Å². The fraction of sp³-hybridized carbons (Fsp3) is 0.667. The van der Waals surface area contributed by atoms with Crippen LogP contribution in [0.2, 0.25) is 0 Å². The van der Waals surface area contributed by atoms with Crippen molar-refractivity contribution < 1.29 is 0 Å². The Morgan fingerprint density at radius 3 is 2.15 bits per heavy atom. The Bertz CT molecular complexity index is 545. The first-order valence-corrected chi connectivity index (χ1v) is 8.04. The fourth-order valence-corrected chi connectivity index (χ4v) is 5.61. The summed E-state index contributed by atoms with van der Waals surface area (Å²) in [6, 6.07) is 4.50. The zero-order chi connectivity index (χ0) is 13.9. The van der Waals surface area contributed by atoms with Gasteiger partial charge in [-0.1, -0.05) is 0 Å². The molecular weight excluding hydrogens is 244 g/mol. The molecule has 5 rings (SSSR count). The number of hydrogen-bond donors (Lipinski definition) is 0. The van der Waals surface area contributed by atoms with Gasteiger partial charge in [0.25, 0.3) is 0 Å². The molecule has 0 radical (unpaired) electrons. The van der Waals surface area contributed by atoms with Crippen LogP contribution >= 0.6 is 0 Å². The molecule has 2 heteroatoms. The van der Waals surface area contributed by atoms with E-state index in [-0.39, 0.29) is 0 Å². The number of nitriles is 1. The number of aryl methyl sites for hydroxylation is 2. The molecule has 20 heavy (non-hydrogen) atoms. The predicted octanol–water partition coefficient (Wildman–Crippen LogP) is 4.11. The monoisotopic (exact) mass is 266 g/mol. The number of aromatic nitrogens is 1. The molecule has 4 aliphatic rings. The average Bonchev–Trinajstić information content (AvgIpc) is 2.37. The molecule has 0 spiro atoms. The van der Waals surface area contributed by atoms with Gasteiger partial charge in [0, 0.05) is 11.6 Å². The highest BCUT2D eigenvalue weighted by Gasteiger charge is 2.49. The van der Waals surface area contributed by atoms with Crippen LogP contribution in [-0.4, -0.2) is 4.98 Å². The lowest BCUT2D eigenvalue weighted by molar-refractivity contribution is -0.00420. The highest BCUT2D eigenvalue weighted by atomic mass is 14.7. The zero-order valence-electron chi connectivity index (χ0n) is 12.4. The second-order valence-electron chi connectivity index (χ2n) is 7.39. The van der Waals surface area contributed by atoms with Crippen molar-refractivity contribution in [2.45, 2.75) is 51.9 Å². The molecule has 0 N–H and O–H groups in total. The Morgan fingerprint density at radius 2 is 1.65 bits per heavy atom. The third-order valence-corrected chi connectivity index (χ3v) is 6.10. The molecule has 0 unspecified atom stereocenters. The Hall–Kier alpha value is -1.36. The van der Waals surface area contributed by atoms with Gasteiger partial charge in [-0.15, -0.1) is 0 Å². The van der Waals surface area contributed by atoms with Gasteiger partial charge in [0.05, 0.1) is 11.3 Å². The van der Waals surface area contributed by atoms with E-state index in [2.05, 4.69) is 19.1 Å². The third-order valence-electron chi connectivity index (χ3n) is 6.10. The van der Waals surface area contributed by atoms with Gasteiger partial charge in [0.2, 0.25) is 0 Å². The molecule has 4 saturated carbocycles. The second-order valence-corrected chi connectivity index (χ2v) is 7.39. The summed E-state index contributed by atoms with van der Waals surface area (Å²) in [5.74, 6) is 4.42. The summed E-state index contributed by atoms with van der Waals surface area (Å²) in [4.78, 5) is 4.83. The van der Waals surface area contributed by atoms with Crippen molar-refractivity contribution in [2.75, 3.05) is 0 Å². The standard InChI is InChI=1S/C18H22N2/c1-10-3-17(20-11(2)16(10)9-19)18-14-5-12-4-13(7-14)8-15(18)6-12/h3,12-15,18H,4-8H2,1-2H3. The van der Waals surface area contributed by atoms with Gasteiger partial charge in [0.15, 0.2) is 0 Å². The van der Waals surface area contributed by atoms with Gasteiger partial charge < -0.3 is 0 Å². The van der Waals surface area contributed by atoms with Crippen LogP contribution in [0.15, 0.2) is 6.07 Å². The number of rotatable bonds is 1. The van der Waals surface area contributed by atoms with Crippen LogP contribution in [0.3, 0.4) is 0 Å². The van der Waals surface area contributed by atoms with Crippen molar-refractivity contribution in [1.82, 2.24) is 4.98 Å². The minimum absolute atomic E-state index is 0.674. The molecule has 4 fully saturated rings. The smallest absolute Gasteiger partial charge is 0.101 e. The topological polar surface area (TPSA) is 36.7 Å². The lowest BCUT2D eigenvalue weighted by Gasteiger charge is -2.54. The van der Waals surface area contributed by atoms with E-state index < -0.39 is 0 Å². The summed E-state index contributed by atoms with van der Waals surface area (Å²) < 4.78 is 0. The van der Waals surface area contributed by atoms with Crippen LogP contribution in [0.5, 0.6) is 0 Å². The highest BCUT2D eigenvalue weighted by Crippen LogP contribution is 2.59. The molecular formula is C18H22N2. The maximum absolute atomic E-state index is 9.21. The van der Waals surface area contributed by atoms with Crippen LogP contribution in [0.4, 0.5) is 0 Å². The van der Waals surface area contributed by atoms with E-state index in [9.17, 15) is 5.26 Å². The van der Waals surface area contributed by atoms with E-state index in [1.807, 2.05) is 6.92 Å². The number of hydrogen-bond acceptors (Lipinski definition) is 2. The highest BCUT2D eigenvalue weighted by molar-refractivity contribution is 5.41. The summed E-state index contributed by atoms with van der Waals surface area (Å²) in [6.45, 7) is 4.05. The first-order chi connectivity index (χ1) is 9.65. The van der Waals surface area contributed by atoms with E-state index in [0.717, 1.165) is 40.5 Å². The summed E-state index contributed by atoms with van der Waals surface area (Å²) in [5, 5.41) is 9.21. The molecule has 0 aliphatic heterocycles. The van der Waals surface area contributed by atoms with Crippen molar-refractivity contribution in [3.8, 4) is 6.07 Å². The van der Waals surface area contributed by atoms with Gasteiger partial charge >= 0.3 is 0 Å². The molecule has 4 aliphatic carbocycles. The minimum atomic E-state index is 0.674. The first-order valence-electron chi connectivity index (χ1n) is 8.04. The summed E-state index contributed by atoms with van der Waals surface area (Å²) in [5.41, 5.74) is 4.10. The molecule has 104 valence electrons. The largest absolute Gasteiger partial charge is 0.256 e. The summed E-state index contributed by atoms with van der Waals surface area (Å²) >= 11 is 0. The molecule has 2 nitrogen and oxygen atoms in total. The van der Waals surface area contributed by atoms with E-state index in [1.54, 1.807) is 0 Å². The zero-order valence-corrected chi connectivity index (χ0v) is 12.4. The minimum Gasteiger partial charge on any atom is -0.256 e. The van der Waals surface area contributed by atoms with E-state index >= 15 is 0 Å². The maximum atomic E-state index is 9.21. The average molecular weight is 266 g/mol. The first kappa shape index (κ1) is 12.4. The van der Waals surface area contributed by atoms with E-state index in [4.69, 9.17) is 4.98 Å². The molecule has 0 saturated heterocycles. The van der Waals surface area contributed by atoms with Crippen LogP contribution in [0.1, 0.15) is 60.5 Å². The maximum Gasteiger partial charge on any atom is 0.101 e. The van der Waals surface area contributed by atoms with Gasteiger partial charge in [-0.25, -0.2) is 0 Å². The third kappa shape index (κ3) is 1.72. The van der Waals surface area contributed by atoms with Crippen molar-refractivity contribution in [2.24, 2.45) is 23.7 Å². The van der Waals surface area contributed by atoms with Gasteiger partial charge in [-0.2, -0.15) is 5.26 Å². The van der Waals surface area contributed by atoms with Crippen LogP contribution in [-0.2, 0) is 0 Å². The summed E-state index contributed by atoms with van der Waals surface area (Å²) in [6.07, 6.45) is 7.21. The summed E-state index contributed by atoms with van der Waals surface area (Å²) in [7, 11) is 0. The number of pyridine rings is 1. The Morgan fingerprint density at radius 1 is 1.05 bits per heavy atom. The van der Waals surface area contributed by atoms with E-state index in [1.165, 1.54) is 37.8 Å². The Kier molecular flexibility index (Phi) is 2.67. The van der Waals surface area contributed by atoms with Crippen LogP contribution in [0.25, 0.3) is 0 Å².